The molecule has 1 N–H and O–H groups in total. The molecule has 2 aromatic carbocycles. The van der Waals surface area contributed by atoms with Gasteiger partial charge in [-0.1, -0.05) is 51.1 Å². The van der Waals surface area contributed by atoms with Crippen LogP contribution in [0.4, 0.5) is 5.69 Å². The molecule has 0 spiro atoms. The van der Waals surface area contributed by atoms with Crippen LogP contribution in [-0.4, -0.2) is 35.9 Å². The van der Waals surface area contributed by atoms with Gasteiger partial charge in [0.05, 0.1) is 11.8 Å². The number of ether oxygens (including phenoxy) is 2. The van der Waals surface area contributed by atoms with Gasteiger partial charge in [-0.15, -0.1) is 0 Å². The Morgan fingerprint density at radius 2 is 1.87 bits per heavy atom. The molecule has 2 aliphatic heterocycles. The maximum atomic E-state index is 13.3. The lowest BCUT2D eigenvalue weighted by Gasteiger charge is -2.43. The molecule has 5 nitrogen and oxygen atoms in total. The van der Waals surface area contributed by atoms with Gasteiger partial charge in [0.25, 0.3) is 5.91 Å². The van der Waals surface area contributed by atoms with Crippen molar-refractivity contribution in [1.82, 2.24) is 0 Å². The van der Waals surface area contributed by atoms with Crippen molar-refractivity contribution in [2.24, 2.45) is 0 Å². The summed E-state index contributed by atoms with van der Waals surface area (Å²) in [6.45, 7) is 10.1. The number of aryl methyl sites for hydroxylation is 1. The van der Waals surface area contributed by atoms with Crippen molar-refractivity contribution in [2.75, 3.05) is 11.9 Å². The minimum atomic E-state index is -0.697. The van der Waals surface area contributed by atoms with E-state index in [1.54, 1.807) is 4.90 Å². The fraction of sp³-hybridized carbons (Fsp3) is 0.500. The highest BCUT2D eigenvalue weighted by Crippen LogP contribution is 2.51. The summed E-state index contributed by atoms with van der Waals surface area (Å²) >= 11 is 0. The summed E-state index contributed by atoms with van der Waals surface area (Å²) in [7, 11) is 1.82. The van der Waals surface area contributed by atoms with Gasteiger partial charge in [0.15, 0.2) is 6.10 Å². The first-order valence-corrected chi connectivity index (χ1v) is 11.0. The Hall–Kier alpha value is -2.53. The number of likely N-dealkylation sites (N-methyl/N-ethyl adjacent to an activating group) is 1. The Balaban J connectivity index is 1.75. The van der Waals surface area contributed by atoms with Crippen LogP contribution in [0.1, 0.15) is 57.7 Å². The number of benzene rings is 2. The first-order valence-electron chi connectivity index (χ1n) is 11.0. The number of hydrogen-bond donors (Lipinski definition) is 1. The van der Waals surface area contributed by atoms with E-state index < -0.39 is 17.8 Å². The van der Waals surface area contributed by atoms with E-state index in [0.29, 0.717) is 18.6 Å². The van der Waals surface area contributed by atoms with Crippen molar-refractivity contribution in [2.45, 2.75) is 77.1 Å². The molecule has 4 rings (SSSR count). The Morgan fingerprint density at radius 3 is 2.52 bits per heavy atom. The average molecular weight is 424 g/mol. The van der Waals surface area contributed by atoms with Gasteiger partial charge < -0.3 is 19.5 Å². The van der Waals surface area contributed by atoms with Crippen LogP contribution in [0, 0.1) is 0 Å². The zero-order chi connectivity index (χ0) is 22.6. The van der Waals surface area contributed by atoms with Gasteiger partial charge in [-0.25, -0.2) is 0 Å². The van der Waals surface area contributed by atoms with Crippen molar-refractivity contribution in [1.29, 1.82) is 0 Å². The number of nitrogens with zero attached hydrogens (tertiary/aromatic N) is 1. The molecule has 2 aliphatic rings. The first-order chi connectivity index (χ1) is 14.5. The molecule has 1 amide bonds. The molecule has 0 aliphatic carbocycles. The molecule has 1 unspecified atom stereocenters. The summed E-state index contributed by atoms with van der Waals surface area (Å²) in [5, 5.41) is 10.6. The Morgan fingerprint density at radius 1 is 1.19 bits per heavy atom. The molecule has 5 heteroatoms. The highest BCUT2D eigenvalue weighted by molar-refractivity contribution is 6.01. The van der Waals surface area contributed by atoms with Gasteiger partial charge in [-0.2, -0.15) is 0 Å². The molecule has 2 heterocycles. The van der Waals surface area contributed by atoms with Crippen molar-refractivity contribution in [3.63, 3.8) is 0 Å². The van der Waals surface area contributed by atoms with E-state index in [2.05, 4.69) is 32.9 Å². The van der Waals surface area contributed by atoms with Gasteiger partial charge in [0.2, 0.25) is 0 Å². The van der Waals surface area contributed by atoms with Crippen LogP contribution >= 0.6 is 0 Å². The standard InChI is InChI=1S/C26H33NO4/c1-25(2,3)21-22-19(14-17-15-20(28)26(4,5)31-23(17)21)30-18(24(29)27(22)6)13-12-16-10-8-7-9-11-16/h7-11,14,18,20,28H,12-13,15H2,1-6H3/t18?,20-/m1/s1. The third-order valence-electron chi connectivity index (χ3n) is 6.37. The summed E-state index contributed by atoms with van der Waals surface area (Å²) in [5.41, 5.74) is 2.88. The molecule has 0 saturated carbocycles. The van der Waals surface area contributed by atoms with Crippen LogP contribution in [0.15, 0.2) is 36.4 Å². The average Bonchev–Trinajstić information content (AvgIpc) is 2.69. The van der Waals surface area contributed by atoms with Crippen LogP contribution in [0.2, 0.25) is 0 Å². The highest BCUT2D eigenvalue weighted by Gasteiger charge is 2.43. The maximum Gasteiger partial charge on any atom is 0.267 e. The molecule has 166 valence electrons. The third-order valence-corrected chi connectivity index (χ3v) is 6.37. The number of aliphatic hydroxyl groups is 1. The second kappa shape index (κ2) is 7.56. The molecule has 0 bridgehead atoms. The SMILES string of the molecule is CN1C(=O)C(CCc2ccccc2)Oc2cc3c(c(C(C)(C)C)c21)OC(C)(C)[C@H](O)C3. The molecular weight excluding hydrogens is 390 g/mol. The number of hydrogen-bond acceptors (Lipinski definition) is 4. The van der Waals surface area contributed by atoms with Gasteiger partial charge in [-0.3, -0.25) is 4.79 Å². The van der Waals surface area contributed by atoms with Crippen molar-refractivity contribution in [3.05, 3.63) is 53.1 Å². The smallest absolute Gasteiger partial charge is 0.267 e. The number of amides is 1. The molecular formula is C26H33NO4. The van der Waals surface area contributed by atoms with E-state index in [9.17, 15) is 9.90 Å². The summed E-state index contributed by atoms with van der Waals surface area (Å²) < 4.78 is 12.6. The van der Waals surface area contributed by atoms with Crippen LogP contribution in [0.3, 0.4) is 0 Å². The van der Waals surface area contributed by atoms with E-state index in [4.69, 9.17) is 9.47 Å². The van der Waals surface area contributed by atoms with Crippen LogP contribution < -0.4 is 14.4 Å². The van der Waals surface area contributed by atoms with E-state index in [-0.39, 0.29) is 11.3 Å². The summed E-state index contributed by atoms with van der Waals surface area (Å²) in [4.78, 5) is 15.0. The number of rotatable bonds is 3. The fourth-order valence-electron chi connectivity index (χ4n) is 4.51. The van der Waals surface area contributed by atoms with Crippen LogP contribution in [0.5, 0.6) is 11.5 Å². The minimum absolute atomic E-state index is 0.0380. The molecule has 31 heavy (non-hydrogen) atoms. The number of fused-ring (bicyclic) bond motifs is 2. The quantitative estimate of drug-likeness (QED) is 0.794. The summed E-state index contributed by atoms with van der Waals surface area (Å²) in [6, 6.07) is 12.1. The molecule has 0 saturated heterocycles. The predicted molar refractivity (Wildman–Crippen MR) is 122 cm³/mol. The van der Waals surface area contributed by atoms with E-state index >= 15 is 0 Å². The normalized spacial score (nSPS) is 22.3. The molecule has 0 aromatic heterocycles. The predicted octanol–water partition coefficient (Wildman–Crippen LogP) is 4.42. The maximum absolute atomic E-state index is 13.3. The van der Waals surface area contributed by atoms with Crippen molar-refractivity contribution in [3.8, 4) is 11.5 Å². The van der Waals surface area contributed by atoms with Crippen LogP contribution in [-0.2, 0) is 23.1 Å². The number of carbonyl (C=O) groups excluding carboxylic acids is 1. The topological polar surface area (TPSA) is 59.0 Å². The van der Waals surface area contributed by atoms with Gasteiger partial charge in [0.1, 0.15) is 17.1 Å². The molecule has 2 atom stereocenters. The molecule has 2 aromatic rings. The molecule has 0 fully saturated rings. The minimum Gasteiger partial charge on any atom is -0.484 e. The van der Waals surface area contributed by atoms with E-state index in [0.717, 1.165) is 29.0 Å². The summed E-state index contributed by atoms with van der Waals surface area (Å²) in [5.74, 6) is 1.43. The van der Waals surface area contributed by atoms with Crippen molar-refractivity contribution >= 4 is 11.6 Å². The van der Waals surface area contributed by atoms with E-state index in [1.807, 2.05) is 45.2 Å². The number of carbonyl (C=O) groups is 1. The number of anilines is 1. The first kappa shape index (κ1) is 21.7. The highest BCUT2D eigenvalue weighted by atomic mass is 16.5. The van der Waals surface area contributed by atoms with E-state index in [1.165, 1.54) is 5.56 Å². The zero-order valence-electron chi connectivity index (χ0n) is 19.4. The Bertz CT molecular complexity index is 991. The lowest BCUT2D eigenvalue weighted by atomic mass is 9.79. The largest absolute Gasteiger partial charge is 0.484 e. The summed E-state index contributed by atoms with van der Waals surface area (Å²) in [6.07, 6.45) is 0.736. The lowest BCUT2D eigenvalue weighted by molar-refractivity contribution is -0.126. The zero-order valence-corrected chi connectivity index (χ0v) is 19.4. The third kappa shape index (κ3) is 3.91. The van der Waals surface area contributed by atoms with Crippen molar-refractivity contribution < 1.29 is 19.4 Å². The second-order valence-corrected chi connectivity index (χ2v) is 10.3. The molecule has 0 radical (unpaired) electrons. The monoisotopic (exact) mass is 423 g/mol. The van der Waals surface area contributed by atoms with Gasteiger partial charge in [0, 0.05) is 24.6 Å². The Labute approximate surface area is 185 Å². The van der Waals surface area contributed by atoms with Crippen LogP contribution in [0.25, 0.3) is 0 Å². The second-order valence-electron chi connectivity index (χ2n) is 10.3. The van der Waals surface area contributed by atoms with Gasteiger partial charge >= 0.3 is 0 Å². The van der Waals surface area contributed by atoms with Gasteiger partial charge in [-0.05, 0) is 43.7 Å². The fourth-order valence-corrected chi connectivity index (χ4v) is 4.51. The lowest BCUT2D eigenvalue weighted by Crippen LogP contribution is -2.48. The number of aliphatic hydroxyl groups excluding tert-OH is 1. The Kier molecular flexibility index (Phi) is 5.29.